The van der Waals surface area contributed by atoms with E-state index < -0.39 is 15.9 Å². The Morgan fingerprint density at radius 3 is 2.61 bits per heavy atom. The second-order valence-electron chi connectivity index (χ2n) is 5.84. The standard InChI is InChI=1S/C17H18N2O3S/c1-11-7-8-13(9-15(11)17(18)20)23(21,22)19-10-12(2)14-5-3-4-6-16(14)19/h3-9,12H,10H2,1-2H3,(H2,18,20). The molecule has 3 rings (SSSR count). The van der Waals surface area contributed by atoms with E-state index in [1.807, 2.05) is 25.1 Å². The Morgan fingerprint density at radius 1 is 1.22 bits per heavy atom. The third kappa shape index (κ3) is 2.49. The number of benzene rings is 2. The van der Waals surface area contributed by atoms with Crippen molar-refractivity contribution >= 4 is 21.6 Å². The van der Waals surface area contributed by atoms with Crippen LogP contribution in [0.15, 0.2) is 47.4 Å². The van der Waals surface area contributed by atoms with Gasteiger partial charge in [-0.2, -0.15) is 0 Å². The van der Waals surface area contributed by atoms with Crippen LogP contribution in [0.4, 0.5) is 5.69 Å². The third-order valence-corrected chi connectivity index (χ3v) is 6.01. The van der Waals surface area contributed by atoms with Gasteiger partial charge in [-0.1, -0.05) is 31.2 Å². The highest BCUT2D eigenvalue weighted by molar-refractivity contribution is 7.92. The molecule has 1 aliphatic rings. The maximum atomic E-state index is 13.0. The second kappa shape index (κ2) is 5.38. The zero-order valence-electron chi connectivity index (χ0n) is 13.0. The van der Waals surface area contributed by atoms with E-state index in [-0.39, 0.29) is 16.4 Å². The summed E-state index contributed by atoms with van der Waals surface area (Å²) in [6.07, 6.45) is 0. The predicted molar refractivity (Wildman–Crippen MR) is 89.1 cm³/mol. The number of hydrogen-bond acceptors (Lipinski definition) is 3. The normalized spacial score (nSPS) is 17.1. The lowest BCUT2D eigenvalue weighted by atomic mass is 10.0. The molecule has 5 nitrogen and oxygen atoms in total. The molecule has 6 heteroatoms. The van der Waals surface area contributed by atoms with Gasteiger partial charge >= 0.3 is 0 Å². The molecule has 0 bridgehead atoms. The number of carbonyl (C=O) groups excluding carboxylic acids is 1. The van der Waals surface area contributed by atoms with Gasteiger partial charge in [-0.3, -0.25) is 9.10 Å². The van der Waals surface area contributed by atoms with E-state index in [1.165, 1.54) is 16.4 Å². The molecule has 0 saturated carbocycles. The molecule has 1 unspecified atom stereocenters. The number of carbonyl (C=O) groups is 1. The third-order valence-electron chi connectivity index (χ3n) is 4.24. The molecule has 0 aromatic heterocycles. The van der Waals surface area contributed by atoms with Crippen LogP contribution >= 0.6 is 0 Å². The minimum Gasteiger partial charge on any atom is -0.366 e. The molecule has 0 radical (unpaired) electrons. The molecular formula is C17H18N2O3S. The quantitative estimate of drug-likeness (QED) is 0.938. The summed E-state index contributed by atoms with van der Waals surface area (Å²) in [4.78, 5) is 11.6. The molecule has 1 aliphatic heterocycles. The maximum Gasteiger partial charge on any atom is 0.264 e. The Balaban J connectivity index is 2.11. The van der Waals surface area contributed by atoms with E-state index in [1.54, 1.807) is 19.1 Å². The van der Waals surface area contributed by atoms with Crippen molar-refractivity contribution in [1.29, 1.82) is 0 Å². The lowest BCUT2D eigenvalue weighted by Gasteiger charge is -2.20. The molecule has 1 amide bonds. The summed E-state index contributed by atoms with van der Waals surface area (Å²) >= 11 is 0. The molecule has 0 saturated heterocycles. The van der Waals surface area contributed by atoms with Crippen molar-refractivity contribution in [1.82, 2.24) is 0 Å². The minimum absolute atomic E-state index is 0.0841. The second-order valence-corrected chi connectivity index (χ2v) is 7.70. The molecular weight excluding hydrogens is 312 g/mol. The Hall–Kier alpha value is -2.34. The zero-order valence-corrected chi connectivity index (χ0v) is 13.8. The summed E-state index contributed by atoms with van der Waals surface area (Å²) < 4.78 is 27.4. The summed E-state index contributed by atoms with van der Waals surface area (Å²) in [6.45, 7) is 4.11. The number of sulfonamides is 1. The van der Waals surface area contributed by atoms with Crippen molar-refractivity contribution in [2.75, 3.05) is 10.8 Å². The van der Waals surface area contributed by atoms with Crippen LogP contribution in [0.2, 0.25) is 0 Å². The topological polar surface area (TPSA) is 80.5 Å². The van der Waals surface area contributed by atoms with Crippen molar-refractivity contribution in [2.45, 2.75) is 24.7 Å². The lowest BCUT2D eigenvalue weighted by Crippen LogP contribution is -2.30. The highest BCUT2D eigenvalue weighted by atomic mass is 32.2. The summed E-state index contributed by atoms with van der Waals surface area (Å²) in [5.74, 6) is -0.503. The molecule has 0 fully saturated rings. The smallest absolute Gasteiger partial charge is 0.264 e. The van der Waals surface area contributed by atoms with Crippen LogP contribution in [0.1, 0.15) is 34.3 Å². The Bertz CT molecular complexity index is 890. The molecule has 2 aromatic carbocycles. The van der Waals surface area contributed by atoms with Gasteiger partial charge in [0.1, 0.15) is 0 Å². The average molecular weight is 330 g/mol. The van der Waals surface area contributed by atoms with Gasteiger partial charge in [0.05, 0.1) is 10.6 Å². The van der Waals surface area contributed by atoms with Gasteiger partial charge in [-0.25, -0.2) is 8.42 Å². The number of fused-ring (bicyclic) bond motifs is 1. The zero-order chi connectivity index (χ0) is 16.8. The van der Waals surface area contributed by atoms with Crippen LogP contribution in [0.3, 0.4) is 0 Å². The molecule has 1 atom stereocenters. The number of aryl methyl sites for hydroxylation is 1. The number of hydrogen-bond donors (Lipinski definition) is 1. The first-order valence-corrected chi connectivity index (χ1v) is 8.78. The molecule has 1 heterocycles. The van der Waals surface area contributed by atoms with E-state index in [4.69, 9.17) is 5.73 Å². The van der Waals surface area contributed by atoms with Crippen molar-refractivity contribution in [3.63, 3.8) is 0 Å². The van der Waals surface area contributed by atoms with Crippen molar-refractivity contribution < 1.29 is 13.2 Å². The van der Waals surface area contributed by atoms with Crippen molar-refractivity contribution in [3.8, 4) is 0 Å². The fraction of sp³-hybridized carbons (Fsp3) is 0.235. The van der Waals surface area contributed by atoms with E-state index in [0.717, 1.165) is 5.56 Å². The van der Waals surface area contributed by atoms with Gasteiger partial charge in [0, 0.05) is 18.0 Å². The minimum atomic E-state index is -3.73. The number of primary amides is 1. The van der Waals surface area contributed by atoms with Crippen LogP contribution < -0.4 is 10.0 Å². The van der Waals surface area contributed by atoms with E-state index >= 15 is 0 Å². The van der Waals surface area contributed by atoms with E-state index in [2.05, 4.69) is 0 Å². The fourth-order valence-electron chi connectivity index (χ4n) is 2.96. The van der Waals surface area contributed by atoms with Crippen LogP contribution in [0, 0.1) is 6.92 Å². The van der Waals surface area contributed by atoms with Crippen LogP contribution in [0.5, 0.6) is 0 Å². The molecule has 23 heavy (non-hydrogen) atoms. The van der Waals surface area contributed by atoms with Gasteiger partial charge in [-0.05, 0) is 36.2 Å². The van der Waals surface area contributed by atoms with Gasteiger partial charge in [0.15, 0.2) is 0 Å². The predicted octanol–water partition coefficient (Wildman–Crippen LogP) is 2.41. The Labute approximate surface area is 135 Å². The summed E-state index contributed by atoms with van der Waals surface area (Å²) in [7, 11) is -3.73. The number of nitrogens with zero attached hydrogens (tertiary/aromatic N) is 1. The molecule has 0 aliphatic carbocycles. The first-order valence-electron chi connectivity index (χ1n) is 7.34. The number of rotatable bonds is 3. The largest absolute Gasteiger partial charge is 0.366 e. The first-order chi connectivity index (χ1) is 10.8. The monoisotopic (exact) mass is 330 g/mol. The summed E-state index contributed by atoms with van der Waals surface area (Å²) in [6, 6.07) is 12.0. The SMILES string of the molecule is Cc1ccc(S(=O)(=O)N2CC(C)c3ccccc32)cc1C(N)=O. The number of nitrogens with two attached hydrogens (primary N) is 1. The Kier molecular flexibility index (Phi) is 3.64. The first kappa shape index (κ1) is 15.6. The maximum absolute atomic E-state index is 13.0. The fourth-order valence-corrected chi connectivity index (χ4v) is 4.57. The van der Waals surface area contributed by atoms with E-state index in [9.17, 15) is 13.2 Å². The number of para-hydroxylation sites is 1. The Morgan fingerprint density at radius 2 is 1.91 bits per heavy atom. The molecule has 2 N–H and O–H groups in total. The van der Waals surface area contributed by atoms with E-state index in [0.29, 0.717) is 17.8 Å². The lowest BCUT2D eigenvalue weighted by molar-refractivity contribution is 0.0999. The van der Waals surface area contributed by atoms with Gasteiger partial charge in [0.25, 0.3) is 10.0 Å². The van der Waals surface area contributed by atoms with Gasteiger partial charge in [-0.15, -0.1) is 0 Å². The van der Waals surface area contributed by atoms with Gasteiger partial charge < -0.3 is 5.73 Å². The van der Waals surface area contributed by atoms with Crippen LogP contribution in [-0.2, 0) is 10.0 Å². The van der Waals surface area contributed by atoms with Crippen LogP contribution in [0.25, 0.3) is 0 Å². The highest BCUT2D eigenvalue weighted by Crippen LogP contribution is 2.39. The molecule has 2 aromatic rings. The number of amides is 1. The van der Waals surface area contributed by atoms with Crippen LogP contribution in [-0.4, -0.2) is 20.9 Å². The van der Waals surface area contributed by atoms with Gasteiger partial charge in [0.2, 0.25) is 5.91 Å². The number of anilines is 1. The average Bonchev–Trinajstić information content (AvgIpc) is 2.85. The molecule has 0 spiro atoms. The summed E-state index contributed by atoms with van der Waals surface area (Å²) in [5, 5.41) is 0. The highest BCUT2D eigenvalue weighted by Gasteiger charge is 2.34. The molecule has 120 valence electrons. The van der Waals surface area contributed by atoms with Crippen molar-refractivity contribution in [3.05, 3.63) is 59.2 Å². The summed E-state index contributed by atoms with van der Waals surface area (Å²) in [5.41, 5.74) is 7.93. The van der Waals surface area contributed by atoms with Crippen molar-refractivity contribution in [2.24, 2.45) is 5.73 Å².